The third-order valence-corrected chi connectivity index (χ3v) is 4.45. The molecule has 0 saturated heterocycles. The minimum absolute atomic E-state index is 0.525. The second kappa shape index (κ2) is 10.5. The van der Waals surface area contributed by atoms with E-state index in [1.807, 2.05) is 60.9 Å². The summed E-state index contributed by atoms with van der Waals surface area (Å²) >= 11 is 0. The van der Waals surface area contributed by atoms with E-state index >= 15 is 0 Å². The van der Waals surface area contributed by atoms with E-state index in [-0.39, 0.29) is 0 Å². The number of aromatic nitrogens is 2. The van der Waals surface area contributed by atoms with Gasteiger partial charge in [-0.15, -0.1) is 0 Å². The zero-order valence-corrected chi connectivity index (χ0v) is 16.7. The first-order valence-corrected chi connectivity index (χ1v) is 10.0. The molecular weight excluding hydrogens is 348 g/mol. The average Bonchev–Trinajstić information content (AvgIpc) is 2.75. The standard InChI is InChI=1S/C24H28N2O2/c1-3-5-15-27-22-11-7-19(8-12-22)18-28-23-13-9-21(10-14-23)24-25-16-20(6-4-2)17-26-24/h7-14,16-17H,3-6,15,18H2,1-2H3. The molecule has 4 heteroatoms. The highest BCUT2D eigenvalue weighted by Gasteiger charge is 2.03. The molecule has 1 heterocycles. The van der Waals surface area contributed by atoms with Crippen molar-refractivity contribution >= 4 is 0 Å². The van der Waals surface area contributed by atoms with Crippen LogP contribution in [0.3, 0.4) is 0 Å². The molecule has 0 bridgehead atoms. The quantitative estimate of drug-likeness (QED) is 0.416. The second-order valence-corrected chi connectivity index (χ2v) is 6.82. The van der Waals surface area contributed by atoms with Crippen molar-refractivity contribution in [2.75, 3.05) is 6.61 Å². The Labute approximate surface area is 167 Å². The minimum Gasteiger partial charge on any atom is -0.494 e. The third-order valence-electron chi connectivity index (χ3n) is 4.45. The molecule has 4 nitrogen and oxygen atoms in total. The molecule has 0 atom stereocenters. The van der Waals surface area contributed by atoms with E-state index in [1.165, 1.54) is 5.56 Å². The van der Waals surface area contributed by atoms with E-state index in [0.717, 1.165) is 60.7 Å². The van der Waals surface area contributed by atoms with Crippen LogP contribution in [0.4, 0.5) is 0 Å². The Morgan fingerprint density at radius 1 is 0.714 bits per heavy atom. The van der Waals surface area contributed by atoms with Crippen LogP contribution in [0.15, 0.2) is 60.9 Å². The zero-order chi connectivity index (χ0) is 19.6. The van der Waals surface area contributed by atoms with Crippen molar-refractivity contribution in [1.82, 2.24) is 9.97 Å². The average molecular weight is 377 g/mol. The normalized spacial score (nSPS) is 10.6. The Hall–Kier alpha value is -2.88. The molecule has 0 aliphatic carbocycles. The predicted octanol–water partition coefficient (Wildman–Crippen LogP) is 5.85. The number of ether oxygens (including phenoxy) is 2. The lowest BCUT2D eigenvalue weighted by atomic mass is 10.2. The van der Waals surface area contributed by atoms with Crippen LogP contribution >= 0.6 is 0 Å². The van der Waals surface area contributed by atoms with Crippen molar-refractivity contribution in [2.24, 2.45) is 0 Å². The molecule has 0 spiro atoms. The highest BCUT2D eigenvalue weighted by molar-refractivity contribution is 5.55. The van der Waals surface area contributed by atoms with Crippen molar-refractivity contribution in [2.45, 2.75) is 46.1 Å². The number of aryl methyl sites for hydroxylation is 1. The van der Waals surface area contributed by atoms with Gasteiger partial charge in [-0.25, -0.2) is 9.97 Å². The van der Waals surface area contributed by atoms with E-state index in [9.17, 15) is 0 Å². The van der Waals surface area contributed by atoms with Gasteiger partial charge in [-0.3, -0.25) is 0 Å². The number of benzene rings is 2. The highest BCUT2D eigenvalue weighted by Crippen LogP contribution is 2.21. The van der Waals surface area contributed by atoms with Gasteiger partial charge in [0.15, 0.2) is 5.82 Å². The van der Waals surface area contributed by atoms with Gasteiger partial charge in [0.1, 0.15) is 18.1 Å². The first-order valence-electron chi connectivity index (χ1n) is 10.0. The third kappa shape index (κ3) is 5.81. The van der Waals surface area contributed by atoms with E-state index in [1.54, 1.807) is 0 Å². The molecule has 2 aromatic carbocycles. The number of rotatable bonds is 10. The van der Waals surface area contributed by atoms with E-state index in [4.69, 9.17) is 9.47 Å². The molecule has 0 aliphatic heterocycles. The van der Waals surface area contributed by atoms with Gasteiger partial charge in [0.05, 0.1) is 6.61 Å². The van der Waals surface area contributed by atoms with E-state index in [2.05, 4.69) is 23.8 Å². The van der Waals surface area contributed by atoms with Gasteiger partial charge in [0, 0.05) is 18.0 Å². The maximum Gasteiger partial charge on any atom is 0.159 e. The Balaban J connectivity index is 1.52. The van der Waals surface area contributed by atoms with Crippen LogP contribution in [-0.4, -0.2) is 16.6 Å². The lowest BCUT2D eigenvalue weighted by Gasteiger charge is -2.09. The molecule has 28 heavy (non-hydrogen) atoms. The Bertz CT molecular complexity index is 828. The number of hydrogen-bond acceptors (Lipinski definition) is 4. The van der Waals surface area contributed by atoms with Gasteiger partial charge in [-0.1, -0.05) is 38.8 Å². The van der Waals surface area contributed by atoms with Crippen LogP contribution in [-0.2, 0) is 13.0 Å². The predicted molar refractivity (Wildman–Crippen MR) is 113 cm³/mol. The summed E-state index contributed by atoms with van der Waals surface area (Å²) in [6.45, 7) is 5.61. The van der Waals surface area contributed by atoms with Crippen molar-refractivity contribution in [3.8, 4) is 22.9 Å². The number of hydrogen-bond donors (Lipinski definition) is 0. The monoisotopic (exact) mass is 376 g/mol. The van der Waals surface area contributed by atoms with Crippen molar-refractivity contribution in [3.63, 3.8) is 0 Å². The first kappa shape index (κ1) is 19.9. The second-order valence-electron chi connectivity index (χ2n) is 6.82. The summed E-state index contributed by atoms with van der Waals surface area (Å²) in [4.78, 5) is 8.92. The lowest BCUT2D eigenvalue weighted by Crippen LogP contribution is -1.98. The Morgan fingerprint density at radius 2 is 1.36 bits per heavy atom. The molecule has 146 valence electrons. The summed E-state index contributed by atoms with van der Waals surface area (Å²) in [5, 5.41) is 0. The van der Waals surface area contributed by atoms with Gasteiger partial charge in [0.25, 0.3) is 0 Å². The maximum absolute atomic E-state index is 5.89. The molecular formula is C24H28N2O2. The SMILES string of the molecule is CCCCOc1ccc(COc2ccc(-c3ncc(CCC)cn3)cc2)cc1. The molecule has 0 saturated carbocycles. The van der Waals surface area contributed by atoms with Crippen LogP contribution in [0.2, 0.25) is 0 Å². The maximum atomic E-state index is 5.89. The van der Waals surface area contributed by atoms with Crippen LogP contribution in [0.5, 0.6) is 11.5 Å². The molecule has 0 amide bonds. The molecule has 0 radical (unpaired) electrons. The van der Waals surface area contributed by atoms with Crippen molar-refractivity contribution in [3.05, 3.63) is 72.1 Å². The van der Waals surface area contributed by atoms with E-state index in [0.29, 0.717) is 6.61 Å². The van der Waals surface area contributed by atoms with Gasteiger partial charge in [-0.2, -0.15) is 0 Å². The number of unbranched alkanes of at least 4 members (excludes halogenated alkanes) is 1. The summed E-state index contributed by atoms with van der Waals surface area (Å²) in [5.74, 6) is 2.48. The first-order chi connectivity index (χ1) is 13.8. The van der Waals surface area contributed by atoms with Gasteiger partial charge >= 0.3 is 0 Å². The Morgan fingerprint density at radius 3 is 2.00 bits per heavy atom. The minimum atomic E-state index is 0.525. The fourth-order valence-corrected chi connectivity index (χ4v) is 2.80. The zero-order valence-electron chi connectivity index (χ0n) is 16.7. The largest absolute Gasteiger partial charge is 0.494 e. The Kier molecular flexibility index (Phi) is 7.42. The molecule has 0 unspecified atom stereocenters. The topological polar surface area (TPSA) is 44.2 Å². The summed E-state index contributed by atoms with van der Waals surface area (Å²) in [6.07, 6.45) is 8.15. The molecule has 3 rings (SSSR count). The molecule has 0 N–H and O–H groups in total. The van der Waals surface area contributed by atoms with Crippen molar-refractivity contribution < 1.29 is 9.47 Å². The summed E-state index contributed by atoms with van der Waals surface area (Å²) in [6, 6.07) is 16.0. The molecule has 1 aromatic heterocycles. The van der Waals surface area contributed by atoms with Crippen molar-refractivity contribution in [1.29, 1.82) is 0 Å². The highest BCUT2D eigenvalue weighted by atomic mass is 16.5. The lowest BCUT2D eigenvalue weighted by molar-refractivity contribution is 0.302. The van der Waals surface area contributed by atoms with Gasteiger partial charge in [0.2, 0.25) is 0 Å². The van der Waals surface area contributed by atoms with Gasteiger partial charge < -0.3 is 9.47 Å². The van der Waals surface area contributed by atoms with Crippen LogP contribution in [0, 0.1) is 0 Å². The summed E-state index contributed by atoms with van der Waals surface area (Å²) in [7, 11) is 0. The summed E-state index contributed by atoms with van der Waals surface area (Å²) in [5.41, 5.74) is 3.28. The van der Waals surface area contributed by atoms with Gasteiger partial charge in [-0.05, 0) is 60.4 Å². The smallest absolute Gasteiger partial charge is 0.159 e. The fourth-order valence-electron chi connectivity index (χ4n) is 2.80. The van der Waals surface area contributed by atoms with Crippen LogP contribution in [0.1, 0.15) is 44.2 Å². The number of nitrogens with zero attached hydrogens (tertiary/aromatic N) is 2. The van der Waals surface area contributed by atoms with E-state index < -0.39 is 0 Å². The van der Waals surface area contributed by atoms with Crippen LogP contribution < -0.4 is 9.47 Å². The molecule has 3 aromatic rings. The molecule has 0 aliphatic rings. The fraction of sp³-hybridized carbons (Fsp3) is 0.333. The summed E-state index contributed by atoms with van der Waals surface area (Å²) < 4.78 is 11.6. The molecule has 0 fully saturated rings. The van der Waals surface area contributed by atoms with Crippen LogP contribution in [0.25, 0.3) is 11.4 Å².